The second-order valence-electron chi connectivity index (χ2n) is 6.08. The van der Waals surface area contributed by atoms with Crippen molar-refractivity contribution in [3.05, 3.63) is 80.9 Å². The van der Waals surface area contributed by atoms with Gasteiger partial charge in [0.15, 0.2) is 5.78 Å². The average Bonchev–Trinajstić information content (AvgIpc) is 2.61. The van der Waals surface area contributed by atoms with Crippen molar-refractivity contribution in [2.45, 2.75) is 0 Å². The molecule has 2 aromatic rings. The minimum atomic E-state index is -0.608. The number of nitrogens with zero attached hydrogens (tertiary/aromatic N) is 3. The van der Waals surface area contributed by atoms with Gasteiger partial charge < -0.3 is 0 Å². The molecule has 6 nitrogen and oxygen atoms in total. The van der Waals surface area contributed by atoms with Gasteiger partial charge in [0.25, 0.3) is 5.69 Å². The number of hydrogen-bond donors (Lipinski definition) is 0. The Bertz CT molecular complexity index is 923. The molecule has 26 heavy (non-hydrogen) atoms. The third-order valence-corrected chi connectivity index (χ3v) is 4.03. The number of carbonyl (C=O) groups is 1. The van der Waals surface area contributed by atoms with Crippen molar-refractivity contribution in [1.82, 2.24) is 9.88 Å². The van der Waals surface area contributed by atoms with Gasteiger partial charge in [-0.2, -0.15) is 0 Å². The monoisotopic (exact) mass is 353 g/mol. The lowest BCUT2D eigenvalue weighted by molar-refractivity contribution is -0.384. The van der Waals surface area contributed by atoms with E-state index in [1.54, 1.807) is 30.6 Å². The van der Waals surface area contributed by atoms with Crippen LogP contribution in [0.4, 0.5) is 10.1 Å². The molecule has 1 saturated heterocycles. The number of halogens is 1. The Balaban J connectivity index is 1.98. The van der Waals surface area contributed by atoms with Crippen molar-refractivity contribution < 1.29 is 14.1 Å². The van der Waals surface area contributed by atoms with E-state index in [4.69, 9.17) is 0 Å². The van der Waals surface area contributed by atoms with Gasteiger partial charge in [-0.3, -0.25) is 24.8 Å². The first-order chi connectivity index (χ1) is 12.4. The molecule has 0 aliphatic carbocycles. The standard InChI is InChI=1S/C19H16FN3O3/c1-22-11-15(8-13-4-6-21-7-5-13)19(24)16(12-22)9-14-10-17(23(25)26)2-3-18(14)20/h2-10H,11-12H2,1H3/b15-8+,16-9+. The molecule has 1 fully saturated rings. The molecule has 1 aliphatic rings. The smallest absolute Gasteiger partial charge is 0.270 e. The molecule has 1 aromatic carbocycles. The molecule has 0 saturated carbocycles. The molecule has 0 N–H and O–H groups in total. The number of nitro groups is 1. The van der Waals surface area contributed by atoms with Gasteiger partial charge in [0.2, 0.25) is 0 Å². The highest BCUT2D eigenvalue weighted by atomic mass is 19.1. The molecule has 1 aromatic heterocycles. The van der Waals surface area contributed by atoms with Gasteiger partial charge in [0, 0.05) is 54.3 Å². The van der Waals surface area contributed by atoms with Gasteiger partial charge in [0.05, 0.1) is 4.92 Å². The molecule has 3 rings (SSSR count). The largest absolute Gasteiger partial charge is 0.298 e. The molecule has 132 valence electrons. The lowest BCUT2D eigenvalue weighted by Gasteiger charge is -2.26. The second kappa shape index (κ2) is 7.37. The van der Waals surface area contributed by atoms with Gasteiger partial charge in [0.1, 0.15) is 5.82 Å². The summed E-state index contributed by atoms with van der Waals surface area (Å²) in [6, 6.07) is 6.85. The third kappa shape index (κ3) is 3.89. The van der Waals surface area contributed by atoms with Crippen LogP contribution in [0.25, 0.3) is 12.2 Å². The fourth-order valence-corrected chi connectivity index (χ4v) is 2.81. The number of piperidine rings is 1. The number of pyridine rings is 1. The van der Waals surface area contributed by atoms with Crippen LogP contribution >= 0.6 is 0 Å². The van der Waals surface area contributed by atoms with E-state index in [-0.39, 0.29) is 17.0 Å². The maximum Gasteiger partial charge on any atom is 0.270 e. The highest BCUT2D eigenvalue weighted by Crippen LogP contribution is 2.24. The number of ketones is 1. The van der Waals surface area contributed by atoms with Crippen LogP contribution in [0.5, 0.6) is 0 Å². The number of likely N-dealkylation sites (N-methyl/N-ethyl adjacent to an activating group) is 1. The predicted octanol–water partition coefficient (Wildman–Crippen LogP) is 3.11. The van der Waals surface area contributed by atoms with Crippen LogP contribution in [0, 0.1) is 15.9 Å². The summed E-state index contributed by atoms with van der Waals surface area (Å²) in [6.45, 7) is 0.810. The fourth-order valence-electron chi connectivity index (χ4n) is 2.81. The topological polar surface area (TPSA) is 76.3 Å². The molecular weight excluding hydrogens is 337 g/mol. The SMILES string of the molecule is CN1C/C(=C\c2ccncc2)C(=O)/C(=C/c2cc([N+](=O)[O-])ccc2F)C1. The number of rotatable bonds is 3. The number of nitro benzene ring substituents is 1. The van der Waals surface area contributed by atoms with Gasteiger partial charge in [-0.25, -0.2) is 4.39 Å². The number of likely N-dealkylation sites (tertiary alicyclic amines) is 1. The van der Waals surface area contributed by atoms with Crippen molar-refractivity contribution >= 4 is 23.6 Å². The van der Waals surface area contributed by atoms with Crippen LogP contribution in [0.15, 0.2) is 53.9 Å². The number of carbonyl (C=O) groups excluding carboxylic acids is 1. The zero-order valence-electron chi connectivity index (χ0n) is 14.1. The van der Waals surface area contributed by atoms with Gasteiger partial charge in [-0.05, 0) is 43.0 Å². The van der Waals surface area contributed by atoms with Crippen molar-refractivity contribution in [2.75, 3.05) is 20.1 Å². The lowest BCUT2D eigenvalue weighted by atomic mass is 9.94. The molecule has 2 heterocycles. The van der Waals surface area contributed by atoms with Crippen molar-refractivity contribution in [1.29, 1.82) is 0 Å². The van der Waals surface area contributed by atoms with Gasteiger partial charge in [-0.1, -0.05) is 0 Å². The molecule has 0 atom stereocenters. The lowest BCUT2D eigenvalue weighted by Crippen LogP contribution is -2.34. The first-order valence-corrected chi connectivity index (χ1v) is 7.92. The minimum Gasteiger partial charge on any atom is -0.298 e. The number of benzene rings is 1. The average molecular weight is 353 g/mol. The second-order valence-corrected chi connectivity index (χ2v) is 6.08. The molecule has 1 aliphatic heterocycles. The Morgan fingerprint density at radius 1 is 1.15 bits per heavy atom. The highest BCUT2D eigenvalue weighted by molar-refractivity contribution is 6.14. The third-order valence-electron chi connectivity index (χ3n) is 4.03. The van der Waals surface area contributed by atoms with Crippen LogP contribution in [-0.4, -0.2) is 40.7 Å². The van der Waals surface area contributed by atoms with Gasteiger partial charge in [-0.15, -0.1) is 0 Å². The van der Waals surface area contributed by atoms with Crippen LogP contribution < -0.4 is 0 Å². The van der Waals surface area contributed by atoms with E-state index >= 15 is 0 Å². The van der Waals surface area contributed by atoms with E-state index in [1.165, 1.54) is 6.08 Å². The Morgan fingerprint density at radius 3 is 2.46 bits per heavy atom. The van der Waals surface area contributed by atoms with Crippen molar-refractivity contribution in [2.24, 2.45) is 0 Å². The predicted molar refractivity (Wildman–Crippen MR) is 95.7 cm³/mol. The number of non-ortho nitro benzene ring substituents is 1. The molecule has 0 bridgehead atoms. The maximum absolute atomic E-state index is 14.0. The molecule has 0 amide bonds. The van der Waals surface area contributed by atoms with Crippen LogP contribution in [0.3, 0.4) is 0 Å². The Hall–Kier alpha value is -3.19. The fraction of sp³-hybridized carbons (Fsp3) is 0.158. The van der Waals surface area contributed by atoms with E-state index in [2.05, 4.69) is 4.98 Å². The van der Waals surface area contributed by atoms with Crippen molar-refractivity contribution in [3.8, 4) is 0 Å². The van der Waals surface area contributed by atoms with E-state index in [9.17, 15) is 19.3 Å². The Kier molecular flexibility index (Phi) is 4.99. The molecule has 0 unspecified atom stereocenters. The van der Waals surface area contributed by atoms with E-state index in [0.717, 1.165) is 23.8 Å². The molecule has 0 spiro atoms. The van der Waals surface area contributed by atoms with Crippen LogP contribution in [-0.2, 0) is 4.79 Å². The van der Waals surface area contributed by atoms with Crippen LogP contribution in [0.1, 0.15) is 11.1 Å². The highest BCUT2D eigenvalue weighted by Gasteiger charge is 2.24. The van der Waals surface area contributed by atoms with E-state index in [1.807, 2.05) is 11.9 Å². The van der Waals surface area contributed by atoms with E-state index in [0.29, 0.717) is 24.2 Å². The molecule has 0 radical (unpaired) electrons. The number of aromatic nitrogens is 1. The summed E-state index contributed by atoms with van der Waals surface area (Å²) in [7, 11) is 1.85. The molecule has 7 heteroatoms. The summed E-state index contributed by atoms with van der Waals surface area (Å²) in [5.74, 6) is -0.797. The van der Waals surface area contributed by atoms with Gasteiger partial charge >= 0.3 is 0 Å². The number of hydrogen-bond acceptors (Lipinski definition) is 5. The summed E-state index contributed by atoms with van der Waals surface area (Å²) < 4.78 is 14.0. The first kappa shape index (κ1) is 17.6. The van der Waals surface area contributed by atoms with Crippen molar-refractivity contribution in [3.63, 3.8) is 0 Å². The summed E-state index contributed by atoms with van der Waals surface area (Å²) >= 11 is 0. The van der Waals surface area contributed by atoms with Crippen LogP contribution in [0.2, 0.25) is 0 Å². The first-order valence-electron chi connectivity index (χ1n) is 7.92. The minimum absolute atomic E-state index is 0.0288. The summed E-state index contributed by atoms with van der Waals surface area (Å²) in [6.07, 6.45) is 6.44. The number of Topliss-reactive ketones (excluding diaryl/α,β-unsaturated/α-hetero) is 1. The van der Waals surface area contributed by atoms with E-state index < -0.39 is 10.7 Å². The zero-order chi connectivity index (χ0) is 18.7. The summed E-state index contributed by atoms with van der Waals surface area (Å²) in [5.41, 5.74) is 1.61. The normalized spacial score (nSPS) is 18.5. The summed E-state index contributed by atoms with van der Waals surface area (Å²) in [4.78, 5) is 29.0. The molecular formula is C19H16FN3O3. The zero-order valence-corrected chi connectivity index (χ0v) is 14.1. The summed E-state index contributed by atoms with van der Waals surface area (Å²) in [5, 5.41) is 10.9. The quantitative estimate of drug-likeness (QED) is 0.481. The maximum atomic E-state index is 14.0. The Labute approximate surface area is 149 Å². The Morgan fingerprint density at radius 2 is 1.81 bits per heavy atom.